The fraction of sp³-hybridized carbons (Fsp3) is 0.333. The normalized spacial score (nSPS) is 17.9. The monoisotopic (exact) mass is 382 g/mol. The van der Waals surface area contributed by atoms with E-state index in [1.807, 2.05) is 43.1 Å². The summed E-state index contributed by atoms with van der Waals surface area (Å²) in [7, 11) is 1.90. The minimum atomic E-state index is -0.568. The number of likely N-dealkylation sites (tertiary alicyclic amines) is 1. The number of anilines is 2. The highest BCUT2D eigenvalue weighted by molar-refractivity contribution is 6.02. The van der Waals surface area contributed by atoms with Gasteiger partial charge in [0.25, 0.3) is 5.91 Å². The maximum Gasteiger partial charge on any atom is 0.321 e. The molecule has 6 nitrogen and oxygen atoms in total. The second-order valence-electron chi connectivity index (χ2n) is 7.44. The lowest BCUT2D eigenvalue weighted by molar-refractivity contribution is 0.0814. The Labute approximate surface area is 163 Å². The largest absolute Gasteiger partial charge is 0.351 e. The highest BCUT2D eigenvalue weighted by Crippen LogP contribution is 2.36. The number of halogens is 1. The van der Waals surface area contributed by atoms with Crippen LogP contribution in [0.4, 0.5) is 20.6 Å². The van der Waals surface area contributed by atoms with Crippen molar-refractivity contribution in [3.63, 3.8) is 0 Å². The predicted octanol–water partition coefficient (Wildman–Crippen LogP) is 3.34. The second-order valence-corrected chi connectivity index (χ2v) is 7.44. The lowest BCUT2D eigenvalue weighted by Gasteiger charge is -2.51. The third-order valence-corrected chi connectivity index (χ3v) is 5.82. The van der Waals surface area contributed by atoms with Gasteiger partial charge in [0.2, 0.25) is 0 Å². The molecule has 0 saturated carbocycles. The third-order valence-electron chi connectivity index (χ3n) is 5.82. The van der Waals surface area contributed by atoms with Crippen LogP contribution in [0.25, 0.3) is 0 Å². The Bertz CT molecular complexity index is 938. The number of nitrogens with zero attached hydrogens (tertiary/aromatic N) is 2. The number of piperidine rings is 1. The number of carbonyl (C=O) groups is 2. The van der Waals surface area contributed by atoms with Crippen molar-refractivity contribution >= 4 is 23.3 Å². The van der Waals surface area contributed by atoms with Gasteiger partial charge in [-0.3, -0.25) is 4.79 Å². The summed E-state index contributed by atoms with van der Waals surface area (Å²) in [6.45, 7) is 2.98. The molecule has 7 heteroatoms. The minimum Gasteiger partial charge on any atom is -0.351 e. The smallest absolute Gasteiger partial charge is 0.321 e. The molecule has 2 heterocycles. The van der Waals surface area contributed by atoms with E-state index in [4.69, 9.17) is 0 Å². The lowest BCUT2D eigenvalue weighted by atomic mass is 9.90. The van der Waals surface area contributed by atoms with Gasteiger partial charge in [-0.15, -0.1) is 0 Å². The van der Waals surface area contributed by atoms with Crippen LogP contribution < -0.4 is 15.5 Å². The Morgan fingerprint density at radius 2 is 1.89 bits per heavy atom. The molecule has 0 unspecified atom stereocenters. The van der Waals surface area contributed by atoms with E-state index < -0.39 is 11.5 Å². The standard InChI is InChI=1S/C21H23FN4O2/c1-14-5-3-4-6-17(14)23-20(28)26-11-9-21(10-12-26)24-19(27)16-13-15(22)7-8-18(16)25(21)2/h3-8,13H,9-12H2,1-2H3,(H,23,28)(H,24,27). The molecule has 3 amide bonds. The average Bonchev–Trinajstić information content (AvgIpc) is 2.68. The number of para-hydroxylation sites is 1. The number of aryl methyl sites for hydroxylation is 1. The molecular weight excluding hydrogens is 359 g/mol. The molecular formula is C21H23FN4O2. The molecule has 1 saturated heterocycles. The number of hydrogen-bond donors (Lipinski definition) is 2. The van der Waals surface area contributed by atoms with E-state index in [2.05, 4.69) is 10.6 Å². The van der Waals surface area contributed by atoms with Gasteiger partial charge in [-0.05, 0) is 36.8 Å². The Morgan fingerprint density at radius 3 is 2.61 bits per heavy atom. The molecule has 146 valence electrons. The van der Waals surface area contributed by atoms with Crippen LogP contribution in [0.15, 0.2) is 42.5 Å². The first-order valence-electron chi connectivity index (χ1n) is 9.37. The van der Waals surface area contributed by atoms with E-state index in [9.17, 15) is 14.0 Å². The number of fused-ring (bicyclic) bond motifs is 1. The summed E-state index contributed by atoms with van der Waals surface area (Å²) < 4.78 is 13.5. The maximum atomic E-state index is 13.5. The van der Waals surface area contributed by atoms with Crippen LogP contribution in [0.1, 0.15) is 28.8 Å². The van der Waals surface area contributed by atoms with Gasteiger partial charge in [0.05, 0.1) is 11.3 Å². The van der Waals surface area contributed by atoms with Gasteiger partial charge < -0.3 is 20.4 Å². The second kappa shape index (κ2) is 6.82. The zero-order chi connectivity index (χ0) is 19.9. The number of amides is 3. The molecule has 0 aliphatic carbocycles. The molecule has 0 bridgehead atoms. The molecule has 28 heavy (non-hydrogen) atoms. The predicted molar refractivity (Wildman–Crippen MR) is 106 cm³/mol. The van der Waals surface area contributed by atoms with Crippen molar-refractivity contribution in [3.8, 4) is 0 Å². The molecule has 0 radical (unpaired) electrons. The highest BCUT2D eigenvalue weighted by atomic mass is 19.1. The zero-order valence-corrected chi connectivity index (χ0v) is 16.0. The van der Waals surface area contributed by atoms with Gasteiger partial charge >= 0.3 is 6.03 Å². The number of rotatable bonds is 1. The van der Waals surface area contributed by atoms with Crippen LogP contribution in [0.5, 0.6) is 0 Å². The Balaban J connectivity index is 1.48. The summed E-state index contributed by atoms with van der Waals surface area (Å²) in [5.74, 6) is -0.702. The summed E-state index contributed by atoms with van der Waals surface area (Å²) in [6.07, 6.45) is 1.18. The number of urea groups is 1. The third kappa shape index (κ3) is 3.06. The topological polar surface area (TPSA) is 64.7 Å². The maximum absolute atomic E-state index is 13.5. The Kier molecular flexibility index (Phi) is 4.45. The quantitative estimate of drug-likeness (QED) is 0.795. The van der Waals surface area contributed by atoms with E-state index >= 15 is 0 Å². The first-order chi connectivity index (χ1) is 13.4. The molecule has 2 aromatic carbocycles. The van der Waals surface area contributed by atoms with Crippen LogP contribution in [0.3, 0.4) is 0 Å². The van der Waals surface area contributed by atoms with Crippen molar-refractivity contribution in [2.45, 2.75) is 25.4 Å². The van der Waals surface area contributed by atoms with Crippen molar-refractivity contribution in [1.82, 2.24) is 10.2 Å². The van der Waals surface area contributed by atoms with Crippen LogP contribution >= 0.6 is 0 Å². The van der Waals surface area contributed by atoms with E-state index in [-0.39, 0.29) is 11.9 Å². The van der Waals surface area contributed by atoms with Crippen LogP contribution in [0, 0.1) is 12.7 Å². The molecule has 1 spiro atoms. The molecule has 2 aliphatic rings. The first-order valence-corrected chi connectivity index (χ1v) is 9.37. The van der Waals surface area contributed by atoms with Crippen LogP contribution in [0.2, 0.25) is 0 Å². The van der Waals surface area contributed by atoms with Gasteiger partial charge in [0.1, 0.15) is 11.5 Å². The van der Waals surface area contributed by atoms with Crippen LogP contribution in [-0.4, -0.2) is 42.6 Å². The SMILES string of the molecule is Cc1ccccc1NC(=O)N1CCC2(CC1)NC(=O)c1cc(F)ccc1N2C. The summed E-state index contributed by atoms with van der Waals surface area (Å²) in [5.41, 5.74) is 2.29. The van der Waals surface area contributed by atoms with E-state index in [0.717, 1.165) is 11.3 Å². The zero-order valence-electron chi connectivity index (χ0n) is 16.0. The van der Waals surface area contributed by atoms with Gasteiger partial charge in [-0.2, -0.15) is 0 Å². The minimum absolute atomic E-state index is 0.142. The molecule has 1 fully saturated rings. The van der Waals surface area contributed by atoms with Crippen molar-refractivity contribution in [1.29, 1.82) is 0 Å². The summed E-state index contributed by atoms with van der Waals surface area (Å²) in [6, 6.07) is 11.8. The van der Waals surface area contributed by atoms with Crippen molar-refractivity contribution in [2.75, 3.05) is 30.4 Å². The molecule has 2 aromatic rings. The fourth-order valence-corrected chi connectivity index (χ4v) is 4.02. The van der Waals surface area contributed by atoms with E-state index in [1.165, 1.54) is 12.1 Å². The lowest BCUT2D eigenvalue weighted by Crippen LogP contribution is -2.67. The summed E-state index contributed by atoms with van der Waals surface area (Å²) in [5, 5.41) is 6.00. The summed E-state index contributed by atoms with van der Waals surface area (Å²) >= 11 is 0. The highest BCUT2D eigenvalue weighted by Gasteiger charge is 2.44. The average molecular weight is 382 g/mol. The van der Waals surface area contributed by atoms with E-state index in [1.54, 1.807) is 11.0 Å². The number of hydrogen-bond acceptors (Lipinski definition) is 3. The number of nitrogens with one attached hydrogen (secondary N) is 2. The molecule has 0 aromatic heterocycles. The summed E-state index contributed by atoms with van der Waals surface area (Å²) in [4.78, 5) is 29.0. The Morgan fingerprint density at radius 1 is 1.18 bits per heavy atom. The van der Waals surface area contributed by atoms with Gasteiger partial charge in [0, 0.05) is 38.7 Å². The van der Waals surface area contributed by atoms with Gasteiger partial charge in [0.15, 0.2) is 0 Å². The van der Waals surface area contributed by atoms with Crippen LogP contribution in [-0.2, 0) is 0 Å². The first kappa shape index (κ1) is 18.3. The van der Waals surface area contributed by atoms with Crippen molar-refractivity contribution in [3.05, 3.63) is 59.4 Å². The Hall–Kier alpha value is -3.09. The van der Waals surface area contributed by atoms with Gasteiger partial charge in [-0.1, -0.05) is 18.2 Å². The number of benzene rings is 2. The van der Waals surface area contributed by atoms with E-state index in [0.29, 0.717) is 37.2 Å². The van der Waals surface area contributed by atoms with Crippen molar-refractivity contribution in [2.24, 2.45) is 0 Å². The molecule has 4 rings (SSSR count). The number of carbonyl (C=O) groups excluding carboxylic acids is 2. The molecule has 0 atom stereocenters. The fourth-order valence-electron chi connectivity index (χ4n) is 4.02. The molecule has 2 N–H and O–H groups in total. The van der Waals surface area contributed by atoms with Crippen molar-refractivity contribution < 1.29 is 14.0 Å². The molecule has 2 aliphatic heterocycles. The van der Waals surface area contributed by atoms with Gasteiger partial charge in [-0.25, -0.2) is 9.18 Å².